The number of benzene rings is 2. The topological polar surface area (TPSA) is 85.4 Å². The lowest BCUT2D eigenvalue weighted by atomic mass is 10.2. The van der Waals surface area contributed by atoms with Crippen LogP contribution in [0.3, 0.4) is 0 Å². The lowest BCUT2D eigenvalue weighted by molar-refractivity contribution is 0.102. The fraction of sp³-hybridized carbons (Fsp3) is 0.150. The maximum Gasteiger partial charge on any atom is 0.258 e. The number of halogens is 1. The van der Waals surface area contributed by atoms with E-state index >= 15 is 0 Å². The van der Waals surface area contributed by atoms with Gasteiger partial charge in [-0.15, -0.1) is 0 Å². The maximum absolute atomic E-state index is 12.4. The summed E-state index contributed by atoms with van der Waals surface area (Å²) in [5.74, 6) is 1.27. The van der Waals surface area contributed by atoms with Crippen LogP contribution in [0.25, 0.3) is 0 Å². The summed E-state index contributed by atoms with van der Waals surface area (Å²) in [6, 6.07) is 10.7. The Kier molecular flexibility index (Phi) is 5.96. The highest BCUT2D eigenvalue weighted by atomic mass is 35.5. The van der Waals surface area contributed by atoms with Gasteiger partial charge in [0.05, 0.1) is 25.5 Å². The van der Waals surface area contributed by atoms with Crippen molar-refractivity contribution >= 4 is 34.8 Å². The molecule has 0 saturated heterocycles. The number of aromatic nitrogens is 2. The van der Waals surface area contributed by atoms with E-state index in [4.69, 9.17) is 21.1 Å². The molecule has 0 bridgehead atoms. The van der Waals surface area contributed by atoms with Gasteiger partial charge in [-0.1, -0.05) is 17.7 Å². The van der Waals surface area contributed by atoms with Gasteiger partial charge in [-0.2, -0.15) is 0 Å². The zero-order chi connectivity index (χ0) is 20.1. The number of methoxy groups -OCH3 is 2. The quantitative estimate of drug-likeness (QED) is 0.638. The standard InChI is InChI=1S/C20H19ClN4O3/c1-12-15(21)5-4-6-16(12)24-19(26)13-10-22-20(23-11-13)25-17-9-14(27-2)7-8-18(17)28-3/h4-11H,1-3H3,(H,24,26)(H,22,23,25). The Morgan fingerprint density at radius 3 is 2.46 bits per heavy atom. The minimum absolute atomic E-state index is 0.321. The molecule has 0 saturated carbocycles. The Morgan fingerprint density at radius 1 is 1.04 bits per heavy atom. The third-order valence-corrected chi connectivity index (χ3v) is 4.49. The van der Waals surface area contributed by atoms with Crippen LogP contribution in [-0.2, 0) is 0 Å². The van der Waals surface area contributed by atoms with Gasteiger partial charge in [-0.3, -0.25) is 4.79 Å². The molecule has 0 aliphatic rings. The highest BCUT2D eigenvalue weighted by Crippen LogP contribution is 2.30. The molecule has 1 aromatic heterocycles. The summed E-state index contributed by atoms with van der Waals surface area (Å²) in [4.78, 5) is 20.8. The number of hydrogen-bond acceptors (Lipinski definition) is 6. The molecule has 7 nitrogen and oxygen atoms in total. The highest BCUT2D eigenvalue weighted by Gasteiger charge is 2.12. The van der Waals surface area contributed by atoms with Crippen LogP contribution in [0.1, 0.15) is 15.9 Å². The third-order valence-electron chi connectivity index (χ3n) is 4.08. The van der Waals surface area contributed by atoms with Crippen molar-refractivity contribution in [2.75, 3.05) is 24.9 Å². The van der Waals surface area contributed by atoms with Gasteiger partial charge in [0.2, 0.25) is 5.95 Å². The van der Waals surface area contributed by atoms with E-state index in [0.717, 1.165) is 5.56 Å². The Hall–Kier alpha value is -3.32. The third kappa shape index (κ3) is 4.32. The number of hydrogen-bond donors (Lipinski definition) is 2. The molecule has 1 heterocycles. The average Bonchev–Trinajstić information content (AvgIpc) is 2.71. The number of carbonyl (C=O) groups excluding carboxylic acids is 1. The van der Waals surface area contributed by atoms with Gasteiger partial charge in [0.1, 0.15) is 11.5 Å². The number of amides is 1. The number of ether oxygens (including phenoxy) is 2. The van der Waals surface area contributed by atoms with Crippen LogP contribution < -0.4 is 20.1 Å². The SMILES string of the molecule is COc1ccc(OC)c(Nc2ncc(C(=O)Nc3cccc(Cl)c3C)cn2)c1. The molecule has 0 unspecified atom stereocenters. The summed E-state index contributed by atoms with van der Waals surface area (Å²) in [5.41, 5.74) is 2.40. The molecule has 0 spiro atoms. The van der Waals surface area contributed by atoms with Crippen LogP contribution in [0.4, 0.5) is 17.3 Å². The van der Waals surface area contributed by atoms with Crippen molar-refractivity contribution in [3.8, 4) is 11.5 Å². The number of anilines is 3. The summed E-state index contributed by atoms with van der Waals surface area (Å²) in [7, 11) is 3.15. The zero-order valence-corrected chi connectivity index (χ0v) is 16.4. The molecule has 0 aliphatic heterocycles. The van der Waals surface area contributed by atoms with E-state index < -0.39 is 0 Å². The summed E-state index contributed by atoms with van der Waals surface area (Å²) in [6.45, 7) is 1.84. The molecule has 1 amide bonds. The van der Waals surface area contributed by atoms with E-state index in [1.54, 1.807) is 50.6 Å². The monoisotopic (exact) mass is 398 g/mol. The molecule has 0 fully saturated rings. The van der Waals surface area contributed by atoms with E-state index in [0.29, 0.717) is 39.4 Å². The molecule has 3 rings (SSSR count). The van der Waals surface area contributed by atoms with Crippen LogP contribution in [0.5, 0.6) is 11.5 Å². The minimum atomic E-state index is -0.323. The van der Waals surface area contributed by atoms with E-state index in [-0.39, 0.29) is 5.91 Å². The van der Waals surface area contributed by atoms with Crippen molar-refractivity contribution < 1.29 is 14.3 Å². The number of nitrogens with one attached hydrogen (secondary N) is 2. The Bertz CT molecular complexity index is 993. The Balaban J connectivity index is 1.75. The lowest BCUT2D eigenvalue weighted by Crippen LogP contribution is -2.14. The largest absolute Gasteiger partial charge is 0.497 e. The molecule has 2 aromatic carbocycles. The molecular formula is C20H19ClN4O3. The molecule has 0 radical (unpaired) electrons. The predicted octanol–water partition coefficient (Wildman–Crippen LogP) is 4.45. The van der Waals surface area contributed by atoms with Gasteiger partial charge >= 0.3 is 0 Å². The minimum Gasteiger partial charge on any atom is -0.497 e. The van der Waals surface area contributed by atoms with E-state index in [9.17, 15) is 4.79 Å². The van der Waals surface area contributed by atoms with Gasteiger partial charge in [0.25, 0.3) is 5.91 Å². The van der Waals surface area contributed by atoms with E-state index in [1.807, 2.05) is 6.92 Å². The summed E-state index contributed by atoms with van der Waals surface area (Å²) in [5, 5.41) is 6.45. The normalized spacial score (nSPS) is 10.3. The van der Waals surface area contributed by atoms with Crippen LogP contribution in [0, 0.1) is 6.92 Å². The fourth-order valence-corrected chi connectivity index (χ4v) is 2.65. The first-order chi connectivity index (χ1) is 13.5. The molecule has 8 heteroatoms. The van der Waals surface area contributed by atoms with Crippen LogP contribution in [0.2, 0.25) is 5.02 Å². The summed E-state index contributed by atoms with van der Waals surface area (Å²) < 4.78 is 10.5. The van der Waals surface area contributed by atoms with Crippen molar-refractivity contribution in [3.05, 3.63) is 64.9 Å². The van der Waals surface area contributed by atoms with Gasteiger partial charge in [0.15, 0.2) is 0 Å². The molecule has 2 N–H and O–H groups in total. The second-order valence-electron chi connectivity index (χ2n) is 5.85. The second kappa shape index (κ2) is 8.58. The molecular weight excluding hydrogens is 380 g/mol. The Labute approximate surface area is 167 Å². The van der Waals surface area contributed by atoms with Crippen LogP contribution >= 0.6 is 11.6 Å². The molecule has 3 aromatic rings. The molecule has 0 atom stereocenters. The second-order valence-corrected chi connectivity index (χ2v) is 6.26. The number of nitrogens with zero attached hydrogens (tertiary/aromatic N) is 2. The van der Waals surface area contributed by atoms with Crippen molar-refractivity contribution in [2.45, 2.75) is 6.92 Å². The predicted molar refractivity (Wildman–Crippen MR) is 109 cm³/mol. The first kappa shape index (κ1) is 19.4. The molecule has 0 aliphatic carbocycles. The van der Waals surface area contributed by atoms with Gasteiger partial charge < -0.3 is 20.1 Å². The van der Waals surface area contributed by atoms with E-state index in [2.05, 4.69) is 20.6 Å². The van der Waals surface area contributed by atoms with Crippen molar-refractivity contribution in [1.29, 1.82) is 0 Å². The smallest absolute Gasteiger partial charge is 0.258 e. The van der Waals surface area contributed by atoms with Gasteiger partial charge in [-0.05, 0) is 36.8 Å². The average molecular weight is 399 g/mol. The lowest BCUT2D eigenvalue weighted by Gasteiger charge is -2.12. The van der Waals surface area contributed by atoms with Crippen molar-refractivity contribution in [1.82, 2.24) is 9.97 Å². The number of carbonyl (C=O) groups is 1. The first-order valence-corrected chi connectivity index (χ1v) is 8.77. The zero-order valence-electron chi connectivity index (χ0n) is 15.6. The maximum atomic E-state index is 12.4. The van der Waals surface area contributed by atoms with Crippen LogP contribution in [0.15, 0.2) is 48.8 Å². The summed E-state index contributed by atoms with van der Waals surface area (Å²) in [6.07, 6.45) is 2.88. The van der Waals surface area contributed by atoms with E-state index in [1.165, 1.54) is 12.4 Å². The molecule has 144 valence electrons. The highest BCUT2D eigenvalue weighted by molar-refractivity contribution is 6.31. The van der Waals surface area contributed by atoms with Gasteiger partial charge in [0, 0.05) is 29.2 Å². The first-order valence-electron chi connectivity index (χ1n) is 8.39. The van der Waals surface area contributed by atoms with Crippen molar-refractivity contribution in [3.63, 3.8) is 0 Å². The van der Waals surface area contributed by atoms with Gasteiger partial charge in [-0.25, -0.2) is 9.97 Å². The Morgan fingerprint density at radius 2 is 1.79 bits per heavy atom. The number of rotatable bonds is 6. The van der Waals surface area contributed by atoms with Crippen molar-refractivity contribution in [2.24, 2.45) is 0 Å². The molecule has 28 heavy (non-hydrogen) atoms. The summed E-state index contributed by atoms with van der Waals surface area (Å²) >= 11 is 6.08. The fourth-order valence-electron chi connectivity index (χ4n) is 2.48. The van der Waals surface area contributed by atoms with Crippen LogP contribution in [-0.4, -0.2) is 30.1 Å².